The fourth-order valence-electron chi connectivity index (χ4n) is 1.97. The molecule has 3 nitrogen and oxygen atoms in total. The number of rotatable bonds is 3. The number of aromatic amines is 1. The summed E-state index contributed by atoms with van der Waals surface area (Å²) in [6.07, 6.45) is 0. The van der Waals surface area contributed by atoms with Crippen molar-refractivity contribution in [3.05, 3.63) is 47.5 Å². The molecule has 0 fully saturated rings. The molecule has 0 aliphatic rings. The first-order chi connectivity index (χ1) is 9.63. The summed E-state index contributed by atoms with van der Waals surface area (Å²) in [4.78, 5) is 7.41. The number of nitrogens with one attached hydrogen (secondary N) is 1. The molecular weight excluding hydrogens is 286 g/mol. The molecule has 1 N–H and O–H groups in total. The van der Waals surface area contributed by atoms with Crippen LogP contribution in [-0.4, -0.2) is 16.6 Å². The lowest BCUT2D eigenvalue weighted by molar-refractivity contribution is -0.0494. The topological polar surface area (TPSA) is 37.9 Å². The first-order valence-corrected chi connectivity index (χ1v) is 6.21. The van der Waals surface area contributed by atoms with Crippen LogP contribution < -0.4 is 4.74 Å². The number of hydrogen-bond acceptors (Lipinski definition) is 2. The van der Waals surface area contributed by atoms with Gasteiger partial charge in [0.1, 0.15) is 11.6 Å². The predicted octanol–water partition coefficient (Wildman–Crippen LogP) is 4.48. The van der Waals surface area contributed by atoms with Crippen LogP contribution in [0.3, 0.4) is 0 Å². The summed E-state index contributed by atoms with van der Waals surface area (Å²) in [5, 5.41) is 0.419. The number of para-hydroxylation sites is 2. The summed E-state index contributed by atoms with van der Waals surface area (Å²) in [6.45, 7) is -2.90. The molecule has 3 rings (SSSR count). The van der Waals surface area contributed by atoms with Crippen molar-refractivity contribution in [2.45, 2.75) is 6.61 Å². The van der Waals surface area contributed by atoms with Crippen molar-refractivity contribution in [2.75, 3.05) is 0 Å². The van der Waals surface area contributed by atoms with Crippen molar-refractivity contribution >= 4 is 22.6 Å². The van der Waals surface area contributed by atoms with Gasteiger partial charge in [0.2, 0.25) is 0 Å². The van der Waals surface area contributed by atoms with E-state index in [4.69, 9.17) is 11.6 Å². The highest BCUT2D eigenvalue weighted by molar-refractivity contribution is 6.30. The normalized spacial score (nSPS) is 11.2. The molecule has 0 saturated heterocycles. The van der Waals surface area contributed by atoms with Gasteiger partial charge in [0, 0.05) is 5.02 Å². The van der Waals surface area contributed by atoms with Gasteiger partial charge in [0.25, 0.3) is 0 Å². The van der Waals surface area contributed by atoms with Crippen LogP contribution >= 0.6 is 11.6 Å². The van der Waals surface area contributed by atoms with E-state index in [1.54, 1.807) is 0 Å². The molecule has 0 saturated carbocycles. The van der Waals surface area contributed by atoms with Crippen LogP contribution in [-0.2, 0) is 0 Å². The fourth-order valence-corrected chi connectivity index (χ4v) is 2.14. The third-order valence-electron chi connectivity index (χ3n) is 2.80. The van der Waals surface area contributed by atoms with Crippen LogP contribution in [0.2, 0.25) is 5.02 Å². The number of imidazole rings is 1. The van der Waals surface area contributed by atoms with E-state index in [1.807, 2.05) is 24.3 Å². The Morgan fingerprint density at radius 1 is 1.15 bits per heavy atom. The third kappa shape index (κ3) is 2.44. The zero-order valence-electron chi connectivity index (χ0n) is 10.1. The summed E-state index contributed by atoms with van der Waals surface area (Å²) >= 11 is 5.92. The second-order valence-electron chi connectivity index (χ2n) is 4.12. The van der Waals surface area contributed by atoms with Gasteiger partial charge in [-0.15, -0.1) is 0 Å². The Morgan fingerprint density at radius 3 is 2.70 bits per heavy atom. The number of aromatic nitrogens is 2. The lowest BCUT2D eigenvalue weighted by Gasteiger charge is -2.09. The van der Waals surface area contributed by atoms with Crippen LogP contribution in [0.4, 0.5) is 8.78 Å². The summed E-state index contributed by atoms with van der Waals surface area (Å²) < 4.78 is 29.4. The number of hydrogen-bond donors (Lipinski definition) is 1. The molecule has 0 aliphatic heterocycles. The molecule has 0 atom stereocenters. The van der Waals surface area contributed by atoms with Crippen molar-refractivity contribution in [1.29, 1.82) is 0 Å². The number of H-pyrrole nitrogens is 1. The molecule has 20 heavy (non-hydrogen) atoms. The van der Waals surface area contributed by atoms with Gasteiger partial charge in [-0.2, -0.15) is 8.78 Å². The van der Waals surface area contributed by atoms with Crippen molar-refractivity contribution in [2.24, 2.45) is 0 Å². The van der Waals surface area contributed by atoms with E-state index in [0.717, 1.165) is 11.0 Å². The van der Waals surface area contributed by atoms with Crippen molar-refractivity contribution in [3.8, 4) is 17.1 Å². The van der Waals surface area contributed by atoms with Gasteiger partial charge in [-0.3, -0.25) is 0 Å². The van der Waals surface area contributed by atoms with E-state index in [2.05, 4.69) is 14.7 Å². The van der Waals surface area contributed by atoms with E-state index in [1.165, 1.54) is 18.2 Å². The van der Waals surface area contributed by atoms with Crippen LogP contribution in [0, 0.1) is 0 Å². The van der Waals surface area contributed by atoms with Gasteiger partial charge in [0.05, 0.1) is 16.6 Å². The summed E-state index contributed by atoms with van der Waals surface area (Å²) in [5.74, 6) is 0.466. The highest BCUT2D eigenvalue weighted by Crippen LogP contribution is 2.33. The summed E-state index contributed by atoms with van der Waals surface area (Å²) in [6, 6.07) is 11.8. The average Bonchev–Trinajstić information content (AvgIpc) is 2.84. The van der Waals surface area contributed by atoms with Gasteiger partial charge in [-0.25, -0.2) is 4.98 Å². The van der Waals surface area contributed by atoms with Gasteiger partial charge < -0.3 is 9.72 Å². The average molecular weight is 295 g/mol. The van der Waals surface area contributed by atoms with Gasteiger partial charge in [0.15, 0.2) is 0 Å². The minimum atomic E-state index is -2.90. The van der Waals surface area contributed by atoms with Crippen molar-refractivity contribution in [3.63, 3.8) is 0 Å². The molecule has 0 radical (unpaired) electrons. The van der Waals surface area contributed by atoms with E-state index in [-0.39, 0.29) is 5.75 Å². The molecule has 1 heterocycles. The maximum atomic E-state index is 12.4. The molecule has 0 spiro atoms. The second-order valence-corrected chi connectivity index (χ2v) is 4.56. The first-order valence-electron chi connectivity index (χ1n) is 5.83. The molecular formula is C14H9ClF2N2O. The van der Waals surface area contributed by atoms with E-state index >= 15 is 0 Å². The summed E-state index contributed by atoms with van der Waals surface area (Å²) in [7, 11) is 0. The Labute approximate surface area is 118 Å². The maximum Gasteiger partial charge on any atom is 0.387 e. The number of fused-ring (bicyclic) bond motifs is 1. The van der Waals surface area contributed by atoms with Crippen molar-refractivity contribution < 1.29 is 13.5 Å². The number of alkyl halides is 2. The minimum Gasteiger partial charge on any atom is -0.434 e. The summed E-state index contributed by atoms with van der Waals surface area (Å²) in [5.41, 5.74) is 1.95. The molecule has 3 aromatic rings. The van der Waals surface area contributed by atoms with E-state index in [9.17, 15) is 8.78 Å². The molecule has 0 bridgehead atoms. The molecule has 0 amide bonds. The highest BCUT2D eigenvalue weighted by Gasteiger charge is 2.14. The molecule has 2 aromatic carbocycles. The largest absolute Gasteiger partial charge is 0.434 e. The first kappa shape index (κ1) is 12.9. The quantitative estimate of drug-likeness (QED) is 0.773. The zero-order valence-corrected chi connectivity index (χ0v) is 10.9. The Bertz CT molecular complexity index is 725. The molecule has 6 heteroatoms. The lowest BCUT2D eigenvalue weighted by atomic mass is 10.2. The monoisotopic (exact) mass is 294 g/mol. The third-order valence-corrected chi connectivity index (χ3v) is 3.04. The van der Waals surface area contributed by atoms with Crippen molar-refractivity contribution in [1.82, 2.24) is 9.97 Å². The van der Waals surface area contributed by atoms with E-state index in [0.29, 0.717) is 16.4 Å². The smallest absolute Gasteiger partial charge is 0.387 e. The molecule has 0 aliphatic carbocycles. The zero-order chi connectivity index (χ0) is 14.1. The number of ether oxygens (including phenoxy) is 1. The molecule has 102 valence electrons. The van der Waals surface area contributed by atoms with Crippen LogP contribution in [0.15, 0.2) is 42.5 Å². The SMILES string of the molecule is FC(F)Oc1ccc(Cl)cc1-c1nc2ccccc2[nH]1. The standard InChI is InChI=1S/C14H9ClF2N2O/c15-8-5-6-12(20-14(16)17)9(7-8)13-18-10-3-1-2-4-11(10)19-13/h1-7,14H,(H,18,19). The number of benzene rings is 2. The Balaban J connectivity index is 2.14. The Kier molecular flexibility index (Phi) is 3.28. The van der Waals surface area contributed by atoms with Gasteiger partial charge in [-0.05, 0) is 30.3 Å². The number of nitrogens with zero attached hydrogens (tertiary/aromatic N) is 1. The molecule has 0 unspecified atom stereocenters. The second kappa shape index (κ2) is 5.09. The Hall–Kier alpha value is -2.14. The molecule has 1 aromatic heterocycles. The van der Waals surface area contributed by atoms with Gasteiger partial charge >= 0.3 is 6.61 Å². The predicted molar refractivity (Wildman–Crippen MR) is 73.2 cm³/mol. The van der Waals surface area contributed by atoms with Crippen LogP contribution in [0.25, 0.3) is 22.4 Å². The lowest BCUT2D eigenvalue weighted by Crippen LogP contribution is -2.03. The van der Waals surface area contributed by atoms with Gasteiger partial charge in [-0.1, -0.05) is 23.7 Å². The van der Waals surface area contributed by atoms with Crippen LogP contribution in [0.1, 0.15) is 0 Å². The fraction of sp³-hybridized carbons (Fsp3) is 0.0714. The van der Waals surface area contributed by atoms with E-state index < -0.39 is 6.61 Å². The minimum absolute atomic E-state index is 0.0310. The number of halogens is 3. The highest BCUT2D eigenvalue weighted by atomic mass is 35.5. The Morgan fingerprint density at radius 2 is 1.95 bits per heavy atom. The maximum absolute atomic E-state index is 12.4. The van der Waals surface area contributed by atoms with Crippen LogP contribution in [0.5, 0.6) is 5.75 Å².